The van der Waals surface area contributed by atoms with Gasteiger partial charge in [-0.15, -0.1) is 0 Å². The molecule has 9 aromatic rings. The highest BCUT2D eigenvalue weighted by molar-refractivity contribution is 6.10. The molecule has 7 aromatic carbocycles. The van der Waals surface area contributed by atoms with Crippen molar-refractivity contribution >= 4 is 49.3 Å². The van der Waals surface area contributed by atoms with Gasteiger partial charge in [0.05, 0.1) is 46.0 Å². The highest BCUT2D eigenvalue weighted by Crippen LogP contribution is 2.42. The minimum atomic E-state index is 0.500. The first-order valence-corrected chi connectivity index (χ1v) is 15.9. The molecule has 0 saturated heterocycles. The maximum atomic E-state index is 10.5. The van der Waals surface area contributed by atoms with E-state index in [1.54, 1.807) is 0 Å². The topological polar surface area (TPSA) is 38.0 Å². The molecule has 4 nitrogen and oxygen atoms in total. The molecule has 9 rings (SSSR count). The van der Waals surface area contributed by atoms with Crippen LogP contribution in [0.1, 0.15) is 5.56 Å². The van der Waals surface area contributed by atoms with Crippen LogP contribution in [0, 0.1) is 17.9 Å². The summed E-state index contributed by atoms with van der Waals surface area (Å²) in [5.41, 5.74) is 10.7. The number of nitriles is 1. The number of benzene rings is 7. The molecule has 0 bridgehead atoms. The van der Waals surface area contributed by atoms with Crippen LogP contribution in [-0.4, -0.2) is 9.13 Å². The van der Waals surface area contributed by atoms with E-state index in [1.807, 2.05) is 42.5 Å². The number of hydrogen-bond donors (Lipinski definition) is 0. The van der Waals surface area contributed by atoms with Gasteiger partial charge in [-0.05, 0) is 76.9 Å². The van der Waals surface area contributed by atoms with Gasteiger partial charge in [0.25, 0.3) is 0 Å². The van der Waals surface area contributed by atoms with E-state index in [4.69, 9.17) is 6.57 Å². The Morgan fingerprint density at radius 1 is 0.479 bits per heavy atom. The number of fused-ring (bicyclic) bond motifs is 6. The SMILES string of the molecule is [C-]#[N+]c1cc(-c2cccc(-n3c4ccccc4c4ccccc43)c2)c(C#N)cc1-c1ccccc1-n1c2ccccc2c2ccccc21. The second-order valence-corrected chi connectivity index (χ2v) is 11.9. The standard InChI is InChI=1S/C44H26N4/c1-46-39-27-37(29-13-12-14-31(25-29)47-40-20-7-2-15-32(40)33-16-3-8-21-41(33)47)30(28-45)26-38(39)36-19-6-11-24-44(36)48-42-22-9-4-17-34(42)35-18-5-10-23-43(35)48/h2-27H. The molecule has 0 N–H and O–H groups in total. The van der Waals surface area contributed by atoms with Gasteiger partial charge >= 0.3 is 0 Å². The van der Waals surface area contributed by atoms with Gasteiger partial charge in [-0.2, -0.15) is 5.26 Å². The summed E-state index contributed by atoms with van der Waals surface area (Å²) < 4.78 is 4.54. The van der Waals surface area contributed by atoms with E-state index in [-0.39, 0.29) is 0 Å². The van der Waals surface area contributed by atoms with Crippen LogP contribution in [0.3, 0.4) is 0 Å². The molecule has 0 spiro atoms. The summed E-state index contributed by atoms with van der Waals surface area (Å²) in [4.78, 5) is 4.04. The molecule has 0 amide bonds. The zero-order valence-corrected chi connectivity index (χ0v) is 25.8. The number of hydrogen-bond acceptors (Lipinski definition) is 1. The van der Waals surface area contributed by atoms with Crippen molar-refractivity contribution in [1.82, 2.24) is 9.13 Å². The summed E-state index contributed by atoms with van der Waals surface area (Å²) in [6, 6.07) is 56.3. The average molecular weight is 611 g/mol. The summed E-state index contributed by atoms with van der Waals surface area (Å²) in [6.45, 7) is 8.30. The molecule has 0 aliphatic heterocycles. The van der Waals surface area contributed by atoms with Crippen molar-refractivity contribution in [3.8, 4) is 39.7 Å². The summed E-state index contributed by atoms with van der Waals surface area (Å²) in [7, 11) is 0. The lowest BCUT2D eigenvalue weighted by atomic mass is 9.93. The summed E-state index contributed by atoms with van der Waals surface area (Å²) in [5, 5.41) is 15.3. The van der Waals surface area contributed by atoms with Crippen LogP contribution in [0.2, 0.25) is 0 Å². The molecule has 0 radical (unpaired) electrons. The van der Waals surface area contributed by atoms with Crippen molar-refractivity contribution in [3.05, 3.63) is 175 Å². The van der Waals surface area contributed by atoms with Crippen LogP contribution >= 0.6 is 0 Å². The van der Waals surface area contributed by atoms with Crippen LogP contribution in [-0.2, 0) is 0 Å². The van der Waals surface area contributed by atoms with Gasteiger partial charge in [0, 0.05) is 27.2 Å². The molecular formula is C44H26N4. The summed E-state index contributed by atoms with van der Waals surface area (Å²) >= 11 is 0. The Kier molecular flexibility index (Phi) is 6.22. The molecule has 0 fully saturated rings. The third-order valence-corrected chi connectivity index (χ3v) is 9.39. The first-order chi connectivity index (χ1) is 23.7. The van der Waals surface area contributed by atoms with E-state index in [9.17, 15) is 5.26 Å². The number of para-hydroxylation sites is 5. The second-order valence-electron chi connectivity index (χ2n) is 11.9. The van der Waals surface area contributed by atoms with Gasteiger partial charge in [-0.3, -0.25) is 0 Å². The quantitative estimate of drug-likeness (QED) is 0.183. The molecule has 0 saturated carbocycles. The van der Waals surface area contributed by atoms with Crippen molar-refractivity contribution in [2.75, 3.05) is 0 Å². The van der Waals surface area contributed by atoms with E-state index in [2.05, 4.69) is 135 Å². The van der Waals surface area contributed by atoms with Crippen LogP contribution in [0.5, 0.6) is 0 Å². The third kappa shape index (κ3) is 4.07. The number of rotatable bonds is 4. The third-order valence-electron chi connectivity index (χ3n) is 9.39. The minimum absolute atomic E-state index is 0.500. The first-order valence-electron chi connectivity index (χ1n) is 15.9. The van der Waals surface area contributed by atoms with Crippen molar-refractivity contribution in [2.45, 2.75) is 0 Å². The van der Waals surface area contributed by atoms with Crippen molar-refractivity contribution < 1.29 is 0 Å². The van der Waals surface area contributed by atoms with E-state index >= 15 is 0 Å². The lowest BCUT2D eigenvalue weighted by molar-refractivity contribution is 1.18. The van der Waals surface area contributed by atoms with Crippen LogP contribution in [0.15, 0.2) is 158 Å². The van der Waals surface area contributed by atoms with Crippen molar-refractivity contribution in [1.29, 1.82) is 5.26 Å². The molecule has 0 aliphatic rings. The molecule has 2 aromatic heterocycles. The van der Waals surface area contributed by atoms with Crippen molar-refractivity contribution in [2.24, 2.45) is 0 Å². The maximum Gasteiger partial charge on any atom is 0.195 e. The lowest BCUT2D eigenvalue weighted by Crippen LogP contribution is -1.98. The van der Waals surface area contributed by atoms with Crippen molar-refractivity contribution in [3.63, 3.8) is 0 Å². The molecule has 2 heterocycles. The fourth-order valence-corrected chi connectivity index (χ4v) is 7.32. The zero-order chi connectivity index (χ0) is 32.2. The second kappa shape index (κ2) is 10.9. The Labute approximate surface area is 277 Å². The van der Waals surface area contributed by atoms with Crippen LogP contribution < -0.4 is 0 Å². The first kappa shape index (κ1) is 27.4. The van der Waals surface area contributed by atoms with Gasteiger partial charge in [0.15, 0.2) is 5.69 Å². The van der Waals surface area contributed by atoms with E-state index < -0.39 is 0 Å². The normalized spacial score (nSPS) is 11.3. The molecule has 48 heavy (non-hydrogen) atoms. The average Bonchev–Trinajstić information content (AvgIpc) is 3.67. The highest BCUT2D eigenvalue weighted by Gasteiger charge is 2.20. The number of nitrogens with zero attached hydrogens (tertiary/aromatic N) is 4. The summed E-state index contributed by atoms with van der Waals surface area (Å²) in [6.07, 6.45) is 0. The summed E-state index contributed by atoms with van der Waals surface area (Å²) in [5.74, 6) is 0. The minimum Gasteiger partial charge on any atom is -0.309 e. The molecular weight excluding hydrogens is 585 g/mol. The van der Waals surface area contributed by atoms with Crippen LogP contribution in [0.4, 0.5) is 5.69 Å². The van der Waals surface area contributed by atoms with Gasteiger partial charge in [0.2, 0.25) is 0 Å². The smallest absolute Gasteiger partial charge is 0.195 e. The Balaban J connectivity index is 1.24. The van der Waals surface area contributed by atoms with Gasteiger partial charge in [0.1, 0.15) is 0 Å². The molecule has 0 unspecified atom stereocenters. The monoisotopic (exact) mass is 610 g/mol. The number of aromatic nitrogens is 2. The highest BCUT2D eigenvalue weighted by atomic mass is 15.0. The maximum absolute atomic E-state index is 10.5. The fraction of sp³-hybridized carbons (Fsp3) is 0. The van der Waals surface area contributed by atoms with E-state index in [1.165, 1.54) is 21.5 Å². The molecule has 222 valence electrons. The van der Waals surface area contributed by atoms with E-state index in [0.717, 1.165) is 55.7 Å². The molecule has 0 atom stereocenters. The Hall–Kier alpha value is -6.88. The predicted octanol–water partition coefficient (Wildman–Crippen LogP) is 11.6. The van der Waals surface area contributed by atoms with Crippen LogP contribution in [0.25, 0.3) is 82.1 Å². The predicted molar refractivity (Wildman–Crippen MR) is 197 cm³/mol. The van der Waals surface area contributed by atoms with Gasteiger partial charge in [-0.1, -0.05) is 103 Å². The molecule has 4 heteroatoms. The van der Waals surface area contributed by atoms with Gasteiger partial charge in [-0.25, -0.2) is 4.85 Å². The Morgan fingerprint density at radius 2 is 1.00 bits per heavy atom. The Morgan fingerprint density at radius 3 is 1.56 bits per heavy atom. The molecule has 0 aliphatic carbocycles. The van der Waals surface area contributed by atoms with E-state index in [0.29, 0.717) is 11.3 Å². The zero-order valence-electron chi connectivity index (χ0n) is 25.8. The lowest BCUT2D eigenvalue weighted by Gasteiger charge is -2.17. The van der Waals surface area contributed by atoms with Gasteiger partial charge < -0.3 is 9.13 Å². The largest absolute Gasteiger partial charge is 0.309 e. The Bertz CT molecular complexity index is 2710. The fourth-order valence-electron chi connectivity index (χ4n) is 7.32.